The molecule has 0 spiro atoms. The fourth-order valence-electron chi connectivity index (χ4n) is 7.32. The lowest BCUT2D eigenvalue weighted by molar-refractivity contribution is -0.121. The molecule has 1 atom stereocenters. The topological polar surface area (TPSA) is 118 Å². The van der Waals surface area contributed by atoms with Crippen molar-refractivity contribution in [2.75, 3.05) is 18.7 Å². The van der Waals surface area contributed by atoms with E-state index in [0.29, 0.717) is 17.0 Å². The minimum absolute atomic E-state index is 0.0199. The molecule has 3 aromatic rings. The molecule has 3 N–H and O–H groups in total. The van der Waals surface area contributed by atoms with Gasteiger partial charge in [0.25, 0.3) is 5.91 Å². The second-order valence-corrected chi connectivity index (χ2v) is 12.3. The van der Waals surface area contributed by atoms with Crippen molar-refractivity contribution in [1.29, 1.82) is 0 Å². The molecule has 0 unspecified atom stereocenters. The smallest absolute Gasteiger partial charge is 0.270 e. The zero-order valence-corrected chi connectivity index (χ0v) is 25.4. The first-order valence-electron chi connectivity index (χ1n) is 15.8. The average molecular weight is 614 g/mol. The lowest BCUT2D eigenvalue weighted by Crippen LogP contribution is -2.53. The second kappa shape index (κ2) is 14.4. The molecule has 3 heterocycles. The van der Waals surface area contributed by atoms with Gasteiger partial charge in [-0.05, 0) is 49.8 Å². The molecule has 3 aromatic heterocycles. The molecule has 2 aliphatic carbocycles. The van der Waals surface area contributed by atoms with Crippen molar-refractivity contribution in [3.8, 4) is 11.1 Å². The third-order valence-electron chi connectivity index (χ3n) is 9.44. The summed E-state index contributed by atoms with van der Waals surface area (Å²) in [5.41, 5.74) is 2.19. The molecule has 2 aliphatic rings. The summed E-state index contributed by atoms with van der Waals surface area (Å²) in [5.74, 6) is -1.57. The van der Waals surface area contributed by atoms with E-state index in [-0.39, 0.29) is 34.8 Å². The van der Waals surface area contributed by atoms with Crippen LogP contribution in [0.15, 0.2) is 24.4 Å². The standard InChI is InChI=1S/C32H42F3N7O2/c1-19-27(20(2)41-40-19)24-13-14-26(37-30(24)35)38-32(44)29(39-31(43)25-15-16-36-42(25)23(17-33)18-34)28(21-9-5-3-6-10-21)22-11-7-4-8-12-22/h13-16,21-23,28-29H,3-12,17-18H2,1-2H3,(H,39,43)(H,40,41)(H,37,38,44)/t29-/m0/s1. The van der Waals surface area contributed by atoms with E-state index in [1.54, 1.807) is 26.0 Å². The van der Waals surface area contributed by atoms with E-state index >= 15 is 4.39 Å². The van der Waals surface area contributed by atoms with Crippen LogP contribution in [-0.4, -0.2) is 56.2 Å². The van der Waals surface area contributed by atoms with E-state index in [9.17, 15) is 18.4 Å². The molecule has 5 rings (SSSR count). The number of nitrogens with one attached hydrogen (secondary N) is 3. The van der Waals surface area contributed by atoms with Crippen LogP contribution in [-0.2, 0) is 4.79 Å². The molecule has 0 bridgehead atoms. The summed E-state index contributed by atoms with van der Waals surface area (Å²) in [6, 6.07) is 2.30. The number of hydrogen-bond acceptors (Lipinski definition) is 5. The molecule has 2 saturated carbocycles. The van der Waals surface area contributed by atoms with Crippen molar-refractivity contribution in [1.82, 2.24) is 30.3 Å². The Hall–Kier alpha value is -3.70. The SMILES string of the molecule is Cc1n[nH]c(C)c1-c1ccc(NC(=O)[C@@H](NC(=O)c2ccnn2C(CF)CF)C(C2CCCCC2)C2CCCCC2)nc1F. The number of aromatic amines is 1. The Balaban J connectivity index is 1.47. The maximum atomic E-state index is 15.3. The number of nitrogens with zero attached hydrogens (tertiary/aromatic N) is 4. The molecule has 0 aliphatic heterocycles. The number of hydrogen-bond donors (Lipinski definition) is 3. The Morgan fingerprint density at radius 2 is 1.61 bits per heavy atom. The molecule has 2 fully saturated rings. The number of aromatic nitrogens is 5. The van der Waals surface area contributed by atoms with Gasteiger partial charge in [0.15, 0.2) is 0 Å². The van der Waals surface area contributed by atoms with Gasteiger partial charge >= 0.3 is 0 Å². The van der Waals surface area contributed by atoms with E-state index in [4.69, 9.17) is 0 Å². The van der Waals surface area contributed by atoms with E-state index in [0.717, 1.165) is 68.9 Å². The van der Waals surface area contributed by atoms with E-state index in [1.807, 2.05) is 0 Å². The lowest BCUT2D eigenvalue weighted by Gasteiger charge is -2.42. The zero-order chi connectivity index (χ0) is 31.2. The first-order valence-corrected chi connectivity index (χ1v) is 15.8. The van der Waals surface area contributed by atoms with Gasteiger partial charge in [0, 0.05) is 23.0 Å². The van der Waals surface area contributed by atoms with Gasteiger partial charge in [0.2, 0.25) is 11.9 Å². The fourth-order valence-corrected chi connectivity index (χ4v) is 7.32. The number of aryl methyl sites for hydroxylation is 2. The highest BCUT2D eigenvalue weighted by Gasteiger charge is 2.41. The van der Waals surface area contributed by atoms with Crippen LogP contribution in [0.4, 0.5) is 19.0 Å². The van der Waals surface area contributed by atoms with Crippen LogP contribution >= 0.6 is 0 Å². The van der Waals surface area contributed by atoms with Gasteiger partial charge in [-0.1, -0.05) is 64.2 Å². The minimum atomic E-state index is -1.24. The molecule has 0 saturated heterocycles. The van der Waals surface area contributed by atoms with Crippen LogP contribution in [0.5, 0.6) is 0 Å². The van der Waals surface area contributed by atoms with Gasteiger partial charge in [0.1, 0.15) is 36.9 Å². The summed E-state index contributed by atoms with van der Waals surface area (Å²) in [7, 11) is 0. The largest absolute Gasteiger partial charge is 0.339 e. The first-order chi connectivity index (χ1) is 21.3. The highest BCUT2D eigenvalue weighted by Crippen LogP contribution is 2.42. The quantitative estimate of drug-likeness (QED) is 0.216. The molecule has 238 valence electrons. The van der Waals surface area contributed by atoms with Crippen molar-refractivity contribution < 1.29 is 22.8 Å². The van der Waals surface area contributed by atoms with Crippen LogP contribution in [0.25, 0.3) is 11.1 Å². The Morgan fingerprint density at radius 3 is 2.16 bits per heavy atom. The summed E-state index contributed by atoms with van der Waals surface area (Å²) >= 11 is 0. The predicted octanol–water partition coefficient (Wildman–Crippen LogP) is 6.42. The third-order valence-corrected chi connectivity index (χ3v) is 9.44. The fraction of sp³-hybridized carbons (Fsp3) is 0.594. The molecule has 2 amide bonds. The Morgan fingerprint density at radius 1 is 0.977 bits per heavy atom. The number of carbonyl (C=O) groups excluding carboxylic acids is 2. The first kappa shape index (κ1) is 31.7. The van der Waals surface area contributed by atoms with Gasteiger partial charge in [-0.25, -0.2) is 13.8 Å². The van der Waals surface area contributed by atoms with Crippen LogP contribution in [0.2, 0.25) is 0 Å². The number of carbonyl (C=O) groups is 2. The number of H-pyrrole nitrogens is 1. The number of pyridine rings is 1. The maximum absolute atomic E-state index is 15.3. The predicted molar refractivity (Wildman–Crippen MR) is 161 cm³/mol. The van der Waals surface area contributed by atoms with Crippen molar-refractivity contribution >= 4 is 17.6 Å². The Labute approximate surface area is 255 Å². The van der Waals surface area contributed by atoms with Crippen molar-refractivity contribution in [2.45, 2.75) is 90.1 Å². The second-order valence-electron chi connectivity index (χ2n) is 12.3. The van der Waals surface area contributed by atoms with Crippen molar-refractivity contribution in [3.05, 3.63) is 47.4 Å². The lowest BCUT2D eigenvalue weighted by atomic mass is 9.66. The average Bonchev–Trinajstić information content (AvgIpc) is 3.65. The van der Waals surface area contributed by atoms with E-state index in [2.05, 4.69) is 30.9 Å². The van der Waals surface area contributed by atoms with Crippen LogP contribution in [0, 0.1) is 37.5 Å². The number of anilines is 1. The minimum Gasteiger partial charge on any atom is -0.339 e. The van der Waals surface area contributed by atoms with Crippen molar-refractivity contribution in [3.63, 3.8) is 0 Å². The van der Waals surface area contributed by atoms with Crippen LogP contribution in [0.3, 0.4) is 0 Å². The van der Waals surface area contributed by atoms with Crippen LogP contribution in [0.1, 0.15) is 92.1 Å². The van der Waals surface area contributed by atoms with Gasteiger partial charge in [-0.2, -0.15) is 14.6 Å². The van der Waals surface area contributed by atoms with Crippen LogP contribution < -0.4 is 10.6 Å². The highest BCUT2D eigenvalue weighted by molar-refractivity contribution is 6.00. The highest BCUT2D eigenvalue weighted by atomic mass is 19.1. The Kier molecular flexibility index (Phi) is 10.4. The van der Waals surface area contributed by atoms with Gasteiger partial charge in [0.05, 0.1) is 5.69 Å². The zero-order valence-electron chi connectivity index (χ0n) is 25.4. The Bertz CT molecular complexity index is 1390. The number of amides is 2. The molecular weight excluding hydrogens is 571 g/mol. The summed E-state index contributed by atoms with van der Waals surface area (Å²) in [5, 5.41) is 16.7. The molecule has 0 aromatic carbocycles. The molecule has 12 heteroatoms. The monoisotopic (exact) mass is 613 g/mol. The summed E-state index contributed by atoms with van der Waals surface area (Å²) in [6.07, 6.45) is 11.6. The third kappa shape index (κ3) is 6.83. The van der Waals surface area contributed by atoms with E-state index in [1.165, 1.54) is 12.3 Å². The number of alkyl halides is 2. The maximum Gasteiger partial charge on any atom is 0.270 e. The number of halogens is 3. The molecule has 44 heavy (non-hydrogen) atoms. The van der Waals surface area contributed by atoms with Gasteiger partial charge in [-0.3, -0.25) is 19.4 Å². The normalized spacial score (nSPS) is 17.2. The van der Waals surface area contributed by atoms with E-state index < -0.39 is 43.2 Å². The van der Waals surface area contributed by atoms with Gasteiger partial charge < -0.3 is 10.6 Å². The summed E-state index contributed by atoms with van der Waals surface area (Å²) in [4.78, 5) is 31.9. The number of rotatable bonds is 11. The van der Waals surface area contributed by atoms with Crippen molar-refractivity contribution in [2.24, 2.45) is 17.8 Å². The summed E-state index contributed by atoms with van der Waals surface area (Å²) in [6.45, 7) is 1.51. The molecular formula is C32H42F3N7O2. The molecule has 0 radical (unpaired) electrons. The van der Waals surface area contributed by atoms with Gasteiger partial charge in [-0.15, -0.1) is 0 Å². The molecule has 9 nitrogen and oxygen atoms in total. The summed E-state index contributed by atoms with van der Waals surface area (Å²) < 4.78 is 43.5.